The van der Waals surface area contributed by atoms with Crippen LogP contribution in [0.1, 0.15) is 35.7 Å². The Morgan fingerprint density at radius 1 is 1.20 bits per heavy atom. The van der Waals surface area contributed by atoms with Crippen molar-refractivity contribution in [2.24, 2.45) is 5.73 Å². The fourth-order valence-corrected chi connectivity index (χ4v) is 3.77. The monoisotopic (exact) mass is 405 g/mol. The number of carbonyl (C=O) groups is 1. The van der Waals surface area contributed by atoms with Crippen LogP contribution in [0.25, 0.3) is 10.9 Å². The molecule has 0 radical (unpaired) electrons. The Morgan fingerprint density at radius 2 is 1.93 bits per heavy atom. The average Bonchev–Trinajstić information content (AvgIpc) is 2.73. The van der Waals surface area contributed by atoms with Crippen LogP contribution in [0.5, 0.6) is 0 Å². The van der Waals surface area contributed by atoms with Gasteiger partial charge in [-0.15, -0.1) is 0 Å². The number of benzene rings is 1. The molecular formula is C22H27N7O. The number of aryl methyl sites for hydroxylation is 1. The Balaban J connectivity index is 1.58. The number of anilines is 2. The van der Waals surface area contributed by atoms with Crippen molar-refractivity contribution in [3.8, 4) is 0 Å². The predicted octanol–water partition coefficient (Wildman–Crippen LogP) is 2.45. The molecule has 0 spiro atoms. The molecule has 30 heavy (non-hydrogen) atoms. The third kappa shape index (κ3) is 4.49. The number of piperidine rings is 1. The number of nitrogens with one attached hydrogen (secondary N) is 2. The zero-order chi connectivity index (χ0) is 21.1. The number of hydrogen-bond donors (Lipinski definition) is 3. The lowest BCUT2D eigenvalue weighted by Gasteiger charge is -2.34. The summed E-state index contributed by atoms with van der Waals surface area (Å²) in [5.74, 6) is 1.15. The third-order valence-corrected chi connectivity index (χ3v) is 5.25. The number of nitrogens with two attached hydrogens (primary N) is 1. The highest BCUT2D eigenvalue weighted by atomic mass is 16.1. The van der Waals surface area contributed by atoms with Crippen LogP contribution < -0.4 is 21.3 Å². The largest absolute Gasteiger partial charge is 0.356 e. The summed E-state index contributed by atoms with van der Waals surface area (Å²) in [7, 11) is 0. The van der Waals surface area contributed by atoms with Gasteiger partial charge >= 0.3 is 0 Å². The molecule has 1 unspecified atom stereocenters. The van der Waals surface area contributed by atoms with Crippen molar-refractivity contribution in [2.75, 3.05) is 23.3 Å². The Kier molecular flexibility index (Phi) is 5.76. The molecule has 3 aromatic rings. The van der Waals surface area contributed by atoms with Crippen molar-refractivity contribution >= 4 is 28.6 Å². The molecule has 8 nitrogen and oxygen atoms in total. The molecule has 1 aliphatic rings. The molecule has 1 fully saturated rings. The van der Waals surface area contributed by atoms with Crippen molar-refractivity contribution < 1.29 is 4.79 Å². The second-order valence-electron chi connectivity index (χ2n) is 7.80. The standard InChI is InChI=1S/C22H27N7O/c1-14-4-5-19-16(12-14)13-18(21(30)26-15(2)23)20(28-19)29-10-6-17(7-11-29)27-22-24-8-3-9-25-22/h3-5,8-9,12-13,15,17H,6-7,10-11,23H2,1-2H3,(H,26,30)(H,24,25,27). The molecule has 1 aliphatic heterocycles. The molecule has 3 heterocycles. The van der Waals surface area contributed by atoms with Crippen LogP contribution in [0.15, 0.2) is 42.7 Å². The van der Waals surface area contributed by atoms with Crippen LogP contribution in [-0.4, -0.2) is 46.2 Å². The highest BCUT2D eigenvalue weighted by Gasteiger charge is 2.25. The lowest BCUT2D eigenvalue weighted by molar-refractivity contribution is 0.0941. The van der Waals surface area contributed by atoms with Gasteiger partial charge in [0.2, 0.25) is 5.95 Å². The highest BCUT2D eigenvalue weighted by molar-refractivity contribution is 6.02. The van der Waals surface area contributed by atoms with E-state index in [0.29, 0.717) is 17.3 Å². The Bertz CT molecular complexity index is 1030. The maximum Gasteiger partial charge on any atom is 0.256 e. The van der Waals surface area contributed by atoms with Crippen molar-refractivity contribution in [1.82, 2.24) is 20.3 Å². The molecule has 156 valence electrons. The first-order valence-electron chi connectivity index (χ1n) is 10.3. The number of nitrogens with zero attached hydrogens (tertiary/aromatic N) is 4. The maximum atomic E-state index is 12.9. The maximum absolute atomic E-state index is 12.9. The van der Waals surface area contributed by atoms with Crippen LogP contribution in [0.4, 0.5) is 11.8 Å². The Labute approximate surface area is 175 Å². The summed E-state index contributed by atoms with van der Waals surface area (Å²) in [5.41, 5.74) is 8.37. The summed E-state index contributed by atoms with van der Waals surface area (Å²) in [6.07, 6.45) is 4.84. The van der Waals surface area contributed by atoms with E-state index in [0.717, 1.165) is 42.4 Å². The summed E-state index contributed by atoms with van der Waals surface area (Å²) < 4.78 is 0. The van der Waals surface area contributed by atoms with Crippen molar-refractivity contribution in [1.29, 1.82) is 0 Å². The summed E-state index contributed by atoms with van der Waals surface area (Å²) >= 11 is 0. The van der Waals surface area contributed by atoms with Crippen LogP contribution >= 0.6 is 0 Å². The van der Waals surface area contributed by atoms with Gasteiger partial charge in [0.1, 0.15) is 5.82 Å². The number of hydrogen-bond acceptors (Lipinski definition) is 7. The van der Waals surface area contributed by atoms with Gasteiger partial charge in [-0.3, -0.25) is 4.79 Å². The van der Waals surface area contributed by atoms with Crippen molar-refractivity contribution in [3.05, 3.63) is 53.9 Å². The molecule has 1 amide bonds. The zero-order valence-electron chi connectivity index (χ0n) is 17.3. The number of amides is 1. The number of rotatable bonds is 5. The van der Waals surface area contributed by atoms with Crippen LogP contribution in [0, 0.1) is 6.92 Å². The Morgan fingerprint density at radius 3 is 2.63 bits per heavy atom. The van der Waals surface area contributed by atoms with Crippen LogP contribution in [-0.2, 0) is 0 Å². The molecule has 4 rings (SSSR count). The highest BCUT2D eigenvalue weighted by Crippen LogP contribution is 2.27. The van der Waals surface area contributed by atoms with E-state index in [2.05, 4.69) is 25.5 Å². The first kappa shape index (κ1) is 20.0. The van der Waals surface area contributed by atoms with Gasteiger partial charge in [-0.25, -0.2) is 15.0 Å². The fraction of sp³-hybridized carbons (Fsp3) is 0.364. The lowest BCUT2D eigenvalue weighted by atomic mass is 10.0. The SMILES string of the molecule is Cc1ccc2nc(N3CCC(Nc4ncccn4)CC3)c(C(=O)NC(C)N)cc2c1. The summed E-state index contributed by atoms with van der Waals surface area (Å²) in [6.45, 7) is 5.35. The lowest BCUT2D eigenvalue weighted by Crippen LogP contribution is -2.42. The van der Waals surface area contributed by atoms with E-state index in [1.807, 2.05) is 31.2 Å². The average molecular weight is 406 g/mol. The van der Waals surface area contributed by atoms with E-state index in [1.165, 1.54) is 0 Å². The van der Waals surface area contributed by atoms with E-state index in [1.54, 1.807) is 25.4 Å². The molecule has 1 atom stereocenters. The third-order valence-electron chi connectivity index (χ3n) is 5.25. The molecular weight excluding hydrogens is 378 g/mol. The fourth-order valence-electron chi connectivity index (χ4n) is 3.77. The predicted molar refractivity (Wildman–Crippen MR) is 118 cm³/mol. The van der Waals surface area contributed by atoms with E-state index < -0.39 is 6.17 Å². The van der Waals surface area contributed by atoms with Gasteiger partial charge in [0.05, 0.1) is 17.2 Å². The molecule has 0 saturated carbocycles. The minimum absolute atomic E-state index is 0.200. The van der Waals surface area contributed by atoms with E-state index in [4.69, 9.17) is 10.7 Å². The van der Waals surface area contributed by atoms with Gasteiger partial charge in [0.25, 0.3) is 5.91 Å². The van der Waals surface area contributed by atoms with Gasteiger partial charge < -0.3 is 21.3 Å². The van der Waals surface area contributed by atoms with Gasteiger partial charge in [-0.1, -0.05) is 11.6 Å². The number of carbonyl (C=O) groups excluding carboxylic acids is 1. The Hall–Kier alpha value is -3.26. The summed E-state index contributed by atoms with van der Waals surface area (Å²) in [5, 5.41) is 7.14. The second-order valence-corrected chi connectivity index (χ2v) is 7.80. The van der Waals surface area contributed by atoms with Crippen LogP contribution in [0.3, 0.4) is 0 Å². The van der Waals surface area contributed by atoms with Gasteiger partial charge in [0, 0.05) is 36.9 Å². The molecule has 0 bridgehead atoms. The minimum Gasteiger partial charge on any atom is -0.356 e. The molecule has 4 N–H and O–H groups in total. The van der Waals surface area contributed by atoms with Gasteiger partial charge in [-0.2, -0.15) is 0 Å². The number of aromatic nitrogens is 3. The number of fused-ring (bicyclic) bond motifs is 1. The minimum atomic E-state index is -0.431. The summed E-state index contributed by atoms with van der Waals surface area (Å²) in [4.78, 5) is 28.4. The normalized spacial score (nSPS) is 15.8. The van der Waals surface area contributed by atoms with E-state index in [-0.39, 0.29) is 11.9 Å². The quantitative estimate of drug-likeness (QED) is 0.559. The topological polar surface area (TPSA) is 109 Å². The molecule has 1 aromatic carbocycles. The number of pyridine rings is 1. The first-order valence-corrected chi connectivity index (χ1v) is 10.3. The summed E-state index contributed by atoms with van der Waals surface area (Å²) in [6, 6.07) is 10.1. The first-order chi connectivity index (χ1) is 14.5. The zero-order valence-corrected chi connectivity index (χ0v) is 17.3. The smallest absolute Gasteiger partial charge is 0.256 e. The molecule has 8 heteroatoms. The van der Waals surface area contributed by atoms with Crippen LogP contribution in [0.2, 0.25) is 0 Å². The molecule has 0 aliphatic carbocycles. The molecule has 2 aromatic heterocycles. The molecule has 1 saturated heterocycles. The van der Waals surface area contributed by atoms with Crippen molar-refractivity contribution in [2.45, 2.75) is 38.9 Å². The van der Waals surface area contributed by atoms with E-state index >= 15 is 0 Å². The van der Waals surface area contributed by atoms with E-state index in [9.17, 15) is 4.79 Å². The van der Waals surface area contributed by atoms with Crippen molar-refractivity contribution in [3.63, 3.8) is 0 Å². The van der Waals surface area contributed by atoms with Gasteiger partial charge in [-0.05, 0) is 51.0 Å². The van der Waals surface area contributed by atoms with Gasteiger partial charge in [0.15, 0.2) is 0 Å². The second kappa shape index (κ2) is 8.62.